The second-order valence-electron chi connectivity index (χ2n) is 8.50. The number of carbonyl (C=O) groups is 3. The van der Waals surface area contributed by atoms with Crippen LogP contribution >= 0.6 is 11.6 Å². The number of aliphatic hydroxyl groups excluding tert-OH is 2. The molecule has 0 saturated carbocycles. The highest BCUT2D eigenvalue weighted by atomic mass is 35.5. The van der Waals surface area contributed by atoms with E-state index in [0.717, 1.165) is 24.0 Å². The van der Waals surface area contributed by atoms with Gasteiger partial charge in [-0.3, -0.25) is 14.4 Å². The van der Waals surface area contributed by atoms with Crippen LogP contribution in [0.2, 0.25) is 5.02 Å². The molecule has 0 spiro atoms. The van der Waals surface area contributed by atoms with Crippen LogP contribution in [0.25, 0.3) is 0 Å². The van der Waals surface area contributed by atoms with Gasteiger partial charge in [0.15, 0.2) is 5.78 Å². The van der Waals surface area contributed by atoms with Crippen LogP contribution < -0.4 is 16.4 Å². The van der Waals surface area contributed by atoms with Gasteiger partial charge in [-0.25, -0.2) is 0 Å². The van der Waals surface area contributed by atoms with Gasteiger partial charge in [-0.05, 0) is 79.1 Å². The van der Waals surface area contributed by atoms with Crippen molar-refractivity contribution in [2.75, 3.05) is 11.9 Å². The van der Waals surface area contributed by atoms with Gasteiger partial charge in [0, 0.05) is 33.8 Å². The molecule has 0 aliphatic rings. The van der Waals surface area contributed by atoms with E-state index in [1.807, 2.05) is 24.3 Å². The molecular weight excluding hydrogens is 506 g/mol. The maximum absolute atomic E-state index is 12.3. The Morgan fingerprint density at radius 2 is 1.47 bits per heavy atom. The molecule has 0 aromatic heterocycles. The van der Waals surface area contributed by atoms with Crippen LogP contribution in [0.3, 0.4) is 0 Å². The average Bonchev–Trinajstić information content (AvgIpc) is 2.92. The summed E-state index contributed by atoms with van der Waals surface area (Å²) in [6, 6.07) is 19.7. The molecule has 3 rings (SSSR count). The predicted octanol–water partition coefficient (Wildman–Crippen LogP) is 2.64. The maximum Gasteiger partial charge on any atom is 0.251 e. The topological polar surface area (TPSA) is 142 Å². The van der Waals surface area contributed by atoms with Gasteiger partial charge in [-0.2, -0.15) is 0 Å². The number of rotatable bonds is 10. The van der Waals surface area contributed by atoms with Crippen LogP contribution in [0.1, 0.15) is 39.9 Å². The third kappa shape index (κ3) is 8.83. The normalized spacial score (nSPS) is 12.0. The number of nitrogens with two attached hydrogens (primary N) is 1. The summed E-state index contributed by atoms with van der Waals surface area (Å²) in [6.45, 7) is -0.855. The van der Waals surface area contributed by atoms with Gasteiger partial charge >= 0.3 is 0 Å². The van der Waals surface area contributed by atoms with Gasteiger partial charge in [-0.1, -0.05) is 35.6 Å². The molecule has 3 aromatic carbocycles. The Morgan fingerprint density at radius 1 is 0.895 bits per heavy atom. The molecule has 0 fully saturated rings. The first-order valence-corrected chi connectivity index (χ1v) is 12.3. The van der Waals surface area contributed by atoms with Gasteiger partial charge in [0.05, 0.1) is 0 Å². The van der Waals surface area contributed by atoms with Crippen LogP contribution in [0, 0.1) is 11.8 Å². The van der Waals surface area contributed by atoms with Crippen molar-refractivity contribution in [2.45, 2.75) is 31.5 Å². The summed E-state index contributed by atoms with van der Waals surface area (Å²) in [7, 11) is 0. The molecule has 3 aromatic rings. The van der Waals surface area contributed by atoms with Gasteiger partial charge < -0.3 is 26.6 Å². The van der Waals surface area contributed by atoms with Crippen molar-refractivity contribution in [3.63, 3.8) is 0 Å². The SMILES string of the molecule is N[C@@H](O)[C@H](NC(=O)c1ccc(C#Cc2ccc(NC(=O)CCCc3ccc(Cl)cc3)cc2)cc1)C(=O)CO. The molecule has 196 valence electrons. The van der Waals surface area contributed by atoms with E-state index < -0.39 is 30.6 Å². The zero-order chi connectivity index (χ0) is 27.5. The number of Topliss-reactive ketones (excluding diaryl/α,β-unsaturated/α-hetero) is 1. The number of hydrogen-bond acceptors (Lipinski definition) is 6. The molecular formula is C29H28ClN3O5. The first-order chi connectivity index (χ1) is 18.2. The molecule has 0 unspecified atom stereocenters. The van der Waals surface area contributed by atoms with Crippen molar-refractivity contribution in [1.82, 2.24) is 5.32 Å². The second kappa shape index (κ2) is 14.1. The first kappa shape index (κ1) is 28.6. The lowest BCUT2D eigenvalue weighted by atomic mass is 10.1. The van der Waals surface area contributed by atoms with Crippen LogP contribution in [0.15, 0.2) is 72.8 Å². The second-order valence-corrected chi connectivity index (χ2v) is 8.94. The van der Waals surface area contributed by atoms with Crippen LogP contribution in [0.4, 0.5) is 5.69 Å². The molecule has 0 radical (unpaired) electrons. The number of aryl methyl sites for hydroxylation is 1. The van der Waals surface area contributed by atoms with E-state index in [1.165, 1.54) is 12.1 Å². The highest BCUT2D eigenvalue weighted by molar-refractivity contribution is 6.30. The minimum Gasteiger partial charge on any atom is -0.388 e. The van der Waals surface area contributed by atoms with Crippen molar-refractivity contribution in [2.24, 2.45) is 5.73 Å². The van der Waals surface area contributed by atoms with E-state index in [2.05, 4.69) is 22.5 Å². The standard InChI is InChI=1S/C29H28ClN3O5/c30-23-14-8-19(9-15-23)2-1-3-26(36)32-24-16-10-21(11-17-24)5-4-20-6-12-22(13-7-20)29(38)33-27(28(31)37)25(35)18-34/h6-17,27-28,34,37H,1-3,18,31H2,(H,32,36)(H,33,38)/t27-,28+/m1/s1. The molecule has 0 aliphatic carbocycles. The number of benzene rings is 3. The largest absolute Gasteiger partial charge is 0.388 e. The molecule has 38 heavy (non-hydrogen) atoms. The lowest BCUT2D eigenvalue weighted by Gasteiger charge is -2.19. The molecule has 0 aliphatic heterocycles. The van der Waals surface area contributed by atoms with E-state index >= 15 is 0 Å². The Hall–Kier alpha value is -4.00. The lowest BCUT2D eigenvalue weighted by molar-refractivity contribution is -0.126. The Kier molecular flexibility index (Phi) is 10.6. The zero-order valence-electron chi connectivity index (χ0n) is 20.5. The summed E-state index contributed by atoms with van der Waals surface area (Å²) >= 11 is 5.89. The monoisotopic (exact) mass is 533 g/mol. The summed E-state index contributed by atoms with van der Waals surface area (Å²) in [5.41, 5.74) is 8.76. The number of nitrogens with one attached hydrogen (secondary N) is 2. The molecule has 0 heterocycles. The smallest absolute Gasteiger partial charge is 0.251 e. The Labute approximate surface area is 225 Å². The lowest BCUT2D eigenvalue weighted by Crippen LogP contribution is -2.53. The molecule has 0 bridgehead atoms. The minimum absolute atomic E-state index is 0.0602. The Bertz CT molecular complexity index is 1310. The van der Waals surface area contributed by atoms with Crippen LogP contribution in [0.5, 0.6) is 0 Å². The molecule has 8 nitrogen and oxygen atoms in total. The minimum atomic E-state index is -1.64. The van der Waals surface area contributed by atoms with E-state index in [0.29, 0.717) is 22.7 Å². The summed E-state index contributed by atoms with van der Waals surface area (Å²) in [5, 5.41) is 24.3. The van der Waals surface area contributed by atoms with Crippen molar-refractivity contribution in [1.29, 1.82) is 0 Å². The number of carbonyl (C=O) groups excluding carboxylic acids is 3. The average molecular weight is 534 g/mol. The van der Waals surface area contributed by atoms with Gasteiger partial charge in [0.2, 0.25) is 5.91 Å². The fourth-order valence-electron chi connectivity index (χ4n) is 3.49. The number of aliphatic hydroxyl groups is 2. The Morgan fingerprint density at radius 3 is 2.03 bits per heavy atom. The van der Waals surface area contributed by atoms with Gasteiger partial charge in [-0.15, -0.1) is 0 Å². The third-order valence-electron chi connectivity index (χ3n) is 5.58. The van der Waals surface area contributed by atoms with Crippen molar-refractivity contribution >= 4 is 34.9 Å². The van der Waals surface area contributed by atoms with E-state index in [4.69, 9.17) is 22.4 Å². The van der Waals surface area contributed by atoms with E-state index in [9.17, 15) is 19.5 Å². The molecule has 0 saturated heterocycles. The van der Waals surface area contributed by atoms with Gasteiger partial charge in [0.1, 0.15) is 18.9 Å². The predicted molar refractivity (Wildman–Crippen MR) is 145 cm³/mol. The maximum atomic E-state index is 12.3. The highest BCUT2D eigenvalue weighted by Gasteiger charge is 2.25. The van der Waals surface area contributed by atoms with Crippen LogP contribution in [-0.4, -0.2) is 46.7 Å². The fourth-order valence-corrected chi connectivity index (χ4v) is 3.62. The molecule has 9 heteroatoms. The summed E-state index contributed by atoms with van der Waals surface area (Å²) in [6.07, 6.45) is 0.298. The Balaban J connectivity index is 1.50. The summed E-state index contributed by atoms with van der Waals surface area (Å²) < 4.78 is 0. The summed E-state index contributed by atoms with van der Waals surface area (Å²) in [4.78, 5) is 36.2. The van der Waals surface area contributed by atoms with Crippen molar-refractivity contribution in [3.8, 4) is 11.8 Å². The van der Waals surface area contributed by atoms with Crippen molar-refractivity contribution < 1.29 is 24.6 Å². The van der Waals surface area contributed by atoms with E-state index in [1.54, 1.807) is 36.4 Å². The van der Waals surface area contributed by atoms with Crippen LogP contribution in [-0.2, 0) is 16.0 Å². The number of ketones is 1. The fraction of sp³-hybridized carbons (Fsp3) is 0.207. The number of halogens is 1. The molecule has 2 amide bonds. The zero-order valence-corrected chi connectivity index (χ0v) is 21.2. The number of amides is 2. The summed E-state index contributed by atoms with van der Waals surface area (Å²) in [5.74, 6) is 4.54. The first-order valence-electron chi connectivity index (χ1n) is 11.9. The highest BCUT2D eigenvalue weighted by Crippen LogP contribution is 2.13. The number of hydrogen-bond donors (Lipinski definition) is 5. The van der Waals surface area contributed by atoms with E-state index in [-0.39, 0.29) is 11.5 Å². The van der Waals surface area contributed by atoms with Crippen molar-refractivity contribution in [3.05, 3.63) is 100 Å². The number of anilines is 1. The third-order valence-corrected chi connectivity index (χ3v) is 5.83. The molecule has 2 atom stereocenters. The van der Waals surface area contributed by atoms with Gasteiger partial charge in [0.25, 0.3) is 5.91 Å². The quantitative estimate of drug-likeness (QED) is 0.200. The molecule has 6 N–H and O–H groups in total.